The topological polar surface area (TPSA) is 39.8 Å². The summed E-state index contributed by atoms with van der Waals surface area (Å²) in [5.74, 6) is 0. The van der Waals surface area contributed by atoms with E-state index in [0.29, 0.717) is 6.42 Å². The molecule has 0 aromatic carbocycles. The minimum absolute atomic E-state index is 0.0211. The Hall–Kier alpha value is -0.500. The van der Waals surface area contributed by atoms with Gasteiger partial charge >= 0.3 is 0 Å². The van der Waals surface area contributed by atoms with Crippen LogP contribution in [-0.4, -0.2) is 6.61 Å². The molecule has 0 aliphatic rings. The molecule has 0 aromatic heterocycles. The highest BCUT2D eigenvalue weighted by molar-refractivity contribution is 4.70. The molecule has 0 aliphatic carbocycles. The molecule has 46 valence electrons. The molecule has 0 aliphatic heterocycles. The standard InChI is InChI=1S/C6H10O2/c7-5-3-1-2-4-6-8/h3,5H,1-2,4,6H2. The average molecular weight is 114 g/mol. The van der Waals surface area contributed by atoms with Crippen molar-refractivity contribution in [2.24, 2.45) is 0 Å². The molecule has 0 saturated carbocycles. The predicted octanol–water partition coefficient (Wildman–Crippen LogP) is 1.53. The number of unbranched alkanes of at least 4 members (excludes halogenated alkanes) is 2. The van der Waals surface area contributed by atoms with Crippen LogP contribution in [-0.2, 0) is 10.2 Å². The minimum Gasteiger partial charge on any atom is -0.299 e. The first-order valence-electron chi connectivity index (χ1n) is 2.77. The zero-order chi connectivity index (χ0) is 6.24. The highest BCUT2D eigenvalue weighted by Crippen LogP contribution is 1.93. The summed E-state index contributed by atoms with van der Waals surface area (Å²) in [6.45, 7) is -0.0211. The van der Waals surface area contributed by atoms with Gasteiger partial charge in [-0.2, -0.15) is 0 Å². The van der Waals surface area contributed by atoms with Crippen molar-refractivity contribution in [3.05, 3.63) is 12.3 Å². The molecule has 0 fully saturated rings. The van der Waals surface area contributed by atoms with Gasteiger partial charge in [-0.1, -0.05) is 0 Å². The smallest absolute Gasteiger partial charge is 0.138 e. The van der Waals surface area contributed by atoms with Gasteiger partial charge in [-0.05, 0) is 25.3 Å². The van der Waals surface area contributed by atoms with Crippen molar-refractivity contribution in [1.29, 1.82) is 0 Å². The van der Waals surface area contributed by atoms with Gasteiger partial charge in [-0.3, -0.25) is 5.11 Å². The van der Waals surface area contributed by atoms with Crippen LogP contribution >= 0.6 is 0 Å². The second-order valence-electron chi connectivity index (χ2n) is 1.57. The Morgan fingerprint density at radius 2 is 2.00 bits per heavy atom. The van der Waals surface area contributed by atoms with E-state index in [4.69, 9.17) is 0 Å². The number of hydrogen-bond acceptors (Lipinski definition) is 0. The Bertz CT molecular complexity index is 59.5. The molecule has 0 N–H and O–H groups in total. The molecule has 0 rings (SSSR count). The monoisotopic (exact) mass is 114 g/mol. The largest absolute Gasteiger partial charge is 0.299 e. The van der Waals surface area contributed by atoms with Crippen LogP contribution in [0.15, 0.2) is 12.3 Å². The molecule has 0 unspecified atom stereocenters. The van der Waals surface area contributed by atoms with Crippen molar-refractivity contribution < 1.29 is 10.2 Å². The van der Waals surface area contributed by atoms with Crippen LogP contribution < -0.4 is 0 Å². The molecule has 0 saturated heterocycles. The summed E-state index contributed by atoms with van der Waals surface area (Å²) in [6.07, 6.45) is 4.60. The minimum atomic E-state index is -0.0211. The highest BCUT2D eigenvalue weighted by atomic mass is 16.3. The molecule has 0 amide bonds. The van der Waals surface area contributed by atoms with E-state index in [1.807, 2.05) is 0 Å². The van der Waals surface area contributed by atoms with E-state index in [1.165, 1.54) is 6.08 Å². The third-order valence-corrected chi connectivity index (χ3v) is 0.861. The maximum atomic E-state index is 9.79. The van der Waals surface area contributed by atoms with Gasteiger partial charge in [0.1, 0.15) is 6.26 Å². The Labute approximate surface area is 49.5 Å². The van der Waals surface area contributed by atoms with Gasteiger partial charge in [-0.25, -0.2) is 5.11 Å². The summed E-state index contributed by atoms with van der Waals surface area (Å²) >= 11 is 0. The molecule has 8 heavy (non-hydrogen) atoms. The number of rotatable bonds is 4. The third kappa shape index (κ3) is 5.50. The molecule has 2 nitrogen and oxygen atoms in total. The van der Waals surface area contributed by atoms with E-state index in [0.717, 1.165) is 19.1 Å². The Morgan fingerprint density at radius 1 is 1.25 bits per heavy atom. The lowest BCUT2D eigenvalue weighted by Gasteiger charge is -1.86. The maximum absolute atomic E-state index is 9.79. The van der Waals surface area contributed by atoms with Gasteiger partial charge in [0.15, 0.2) is 0 Å². The van der Waals surface area contributed by atoms with Gasteiger partial charge in [0, 0.05) is 0 Å². The zero-order valence-corrected chi connectivity index (χ0v) is 4.80. The van der Waals surface area contributed by atoms with Gasteiger partial charge in [0.25, 0.3) is 0 Å². The van der Waals surface area contributed by atoms with Crippen LogP contribution in [0.5, 0.6) is 0 Å². The molecule has 0 heterocycles. The van der Waals surface area contributed by atoms with Gasteiger partial charge in [-0.15, -0.1) is 0 Å². The van der Waals surface area contributed by atoms with E-state index in [-0.39, 0.29) is 6.61 Å². The molecule has 0 spiro atoms. The highest BCUT2D eigenvalue weighted by Gasteiger charge is 1.81. The fourth-order valence-electron chi connectivity index (χ4n) is 0.432. The lowest BCUT2D eigenvalue weighted by Crippen LogP contribution is -1.77. The molecular weight excluding hydrogens is 104 g/mol. The Kier molecular flexibility index (Phi) is 6.09. The summed E-state index contributed by atoms with van der Waals surface area (Å²) in [5, 5.41) is 19.4. The summed E-state index contributed by atoms with van der Waals surface area (Å²) in [6, 6.07) is 0. The van der Waals surface area contributed by atoms with Crippen molar-refractivity contribution in [3.63, 3.8) is 0 Å². The fourth-order valence-corrected chi connectivity index (χ4v) is 0.432. The average Bonchev–Trinajstić information content (AvgIpc) is 1.81. The number of allylic oxidation sites excluding steroid dienone is 1. The third-order valence-electron chi connectivity index (χ3n) is 0.861. The zero-order valence-electron chi connectivity index (χ0n) is 4.80. The van der Waals surface area contributed by atoms with Crippen molar-refractivity contribution >= 4 is 0 Å². The van der Waals surface area contributed by atoms with Crippen molar-refractivity contribution in [3.8, 4) is 0 Å². The first kappa shape index (κ1) is 7.50. The second-order valence-corrected chi connectivity index (χ2v) is 1.57. The van der Waals surface area contributed by atoms with Crippen LogP contribution in [0, 0.1) is 0 Å². The van der Waals surface area contributed by atoms with E-state index in [2.05, 4.69) is 0 Å². The quantitative estimate of drug-likeness (QED) is 0.393. The first-order valence-corrected chi connectivity index (χ1v) is 2.77. The summed E-state index contributed by atoms with van der Waals surface area (Å²) in [5.41, 5.74) is 0. The fraction of sp³-hybridized carbons (Fsp3) is 0.667. The van der Waals surface area contributed by atoms with Crippen LogP contribution in [0.3, 0.4) is 0 Å². The molecule has 2 heteroatoms. The number of hydrogen-bond donors (Lipinski definition) is 0. The first-order chi connectivity index (χ1) is 3.91. The molecule has 0 aromatic rings. The predicted molar refractivity (Wildman–Crippen MR) is 29.2 cm³/mol. The SMILES string of the molecule is [O]C=CCCCC[O]. The summed E-state index contributed by atoms with van der Waals surface area (Å²) in [4.78, 5) is 0. The van der Waals surface area contributed by atoms with E-state index < -0.39 is 0 Å². The van der Waals surface area contributed by atoms with Crippen molar-refractivity contribution in [2.75, 3.05) is 6.61 Å². The maximum Gasteiger partial charge on any atom is 0.138 e. The molecule has 2 radical (unpaired) electrons. The van der Waals surface area contributed by atoms with E-state index >= 15 is 0 Å². The Balaban J connectivity index is 2.72. The summed E-state index contributed by atoms with van der Waals surface area (Å²) in [7, 11) is 0. The van der Waals surface area contributed by atoms with Crippen molar-refractivity contribution in [1.82, 2.24) is 0 Å². The van der Waals surface area contributed by atoms with Crippen LogP contribution in [0.2, 0.25) is 0 Å². The molecule has 0 bridgehead atoms. The van der Waals surface area contributed by atoms with E-state index in [1.54, 1.807) is 0 Å². The van der Waals surface area contributed by atoms with Crippen LogP contribution in [0.4, 0.5) is 0 Å². The second kappa shape index (κ2) is 6.50. The van der Waals surface area contributed by atoms with Crippen LogP contribution in [0.1, 0.15) is 19.3 Å². The Morgan fingerprint density at radius 3 is 2.50 bits per heavy atom. The van der Waals surface area contributed by atoms with Crippen LogP contribution in [0.25, 0.3) is 0 Å². The van der Waals surface area contributed by atoms with Gasteiger partial charge in [0.05, 0.1) is 6.61 Å². The van der Waals surface area contributed by atoms with E-state index in [9.17, 15) is 10.2 Å². The lowest BCUT2D eigenvalue weighted by molar-refractivity contribution is 0.187. The molecular formula is C6H10O2. The normalized spacial score (nSPS) is 10.6. The van der Waals surface area contributed by atoms with Gasteiger partial charge in [0.2, 0.25) is 0 Å². The summed E-state index contributed by atoms with van der Waals surface area (Å²) < 4.78 is 0. The van der Waals surface area contributed by atoms with Gasteiger partial charge < -0.3 is 0 Å². The van der Waals surface area contributed by atoms with Crippen molar-refractivity contribution in [2.45, 2.75) is 19.3 Å². The molecule has 0 atom stereocenters. The lowest BCUT2D eigenvalue weighted by atomic mass is 10.2.